The lowest BCUT2D eigenvalue weighted by atomic mass is 10.0. The molecule has 0 bridgehead atoms. The van der Waals surface area contributed by atoms with Gasteiger partial charge in [-0.05, 0) is 12.8 Å². The second kappa shape index (κ2) is 7.72. The molecule has 3 N–H and O–H groups in total. The highest BCUT2D eigenvalue weighted by molar-refractivity contribution is 7.13. The Hall–Kier alpha value is -1.96. The average Bonchev–Trinajstić information content (AvgIpc) is 2.78. The van der Waals surface area contributed by atoms with Gasteiger partial charge in [-0.3, -0.25) is 9.59 Å². The van der Waals surface area contributed by atoms with Crippen LogP contribution < -0.4 is 10.6 Å². The summed E-state index contributed by atoms with van der Waals surface area (Å²) in [6.45, 7) is 5.23. The molecule has 1 unspecified atom stereocenters. The molecule has 21 heavy (non-hydrogen) atoms. The summed E-state index contributed by atoms with van der Waals surface area (Å²) in [6.07, 6.45) is -0.0818. The SMILES string of the molecule is Cc1csc(NC(=O)CCC(=O)NC(C(=O)O)C(C)C)n1. The summed E-state index contributed by atoms with van der Waals surface area (Å²) in [5.41, 5.74) is 0.814. The molecule has 0 aliphatic heterocycles. The number of thiazole rings is 1. The van der Waals surface area contributed by atoms with E-state index in [1.807, 2.05) is 12.3 Å². The largest absolute Gasteiger partial charge is 0.480 e. The van der Waals surface area contributed by atoms with E-state index in [9.17, 15) is 14.4 Å². The maximum atomic E-state index is 11.7. The van der Waals surface area contributed by atoms with Gasteiger partial charge in [-0.2, -0.15) is 0 Å². The van der Waals surface area contributed by atoms with Crippen LogP contribution in [0.5, 0.6) is 0 Å². The Morgan fingerprint density at radius 2 is 1.90 bits per heavy atom. The monoisotopic (exact) mass is 313 g/mol. The zero-order valence-electron chi connectivity index (χ0n) is 12.2. The molecule has 8 heteroatoms. The van der Waals surface area contributed by atoms with Crippen LogP contribution in [0.25, 0.3) is 0 Å². The molecule has 1 atom stereocenters. The van der Waals surface area contributed by atoms with Crippen LogP contribution in [0.2, 0.25) is 0 Å². The molecule has 1 rings (SSSR count). The number of rotatable bonds is 7. The van der Waals surface area contributed by atoms with E-state index in [1.54, 1.807) is 13.8 Å². The topological polar surface area (TPSA) is 108 Å². The number of amides is 2. The van der Waals surface area contributed by atoms with Crippen molar-refractivity contribution in [1.82, 2.24) is 10.3 Å². The molecule has 1 aromatic rings. The first-order valence-corrected chi connectivity index (χ1v) is 7.41. The number of hydrogen-bond acceptors (Lipinski definition) is 5. The van der Waals surface area contributed by atoms with Crippen molar-refractivity contribution in [1.29, 1.82) is 0 Å². The highest BCUT2D eigenvalue weighted by Crippen LogP contribution is 2.14. The Morgan fingerprint density at radius 1 is 1.29 bits per heavy atom. The summed E-state index contributed by atoms with van der Waals surface area (Å²) >= 11 is 1.31. The Balaban J connectivity index is 2.38. The van der Waals surface area contributed by atoms with E-state index in [-0.39, 0.29) is 24.7 Å². The molecule has 1 aromatic heterocycles. The van der Waals surface area contributed by atoms with Crippen molar-refractivity contribution >= 4 is 34.3 Å². The molecule has 0 aliphatic carbocycles. The van der Waals surface area contributed by atoms with Crippen LogP contribution in [-0.2, 0) is 14.4 Å². The van der Waals surface area contributed by atoms with Gasteiger partial charge in [-0.15, -0.1) is 11.3 Å². The minimum absolute atomic E-state index is 0.0190. The van der Waals surface area contributed by atoms with E-state index in [0.29, 0.717) is 5.13 Å². The van der Waals surface area contributed by atoms with Gasteiger partial charge in [0.15, 0.2) is 5.13 Å². The molecular weight excluding hydrogens is 294 g/mol. The maximum absolute atomic E-state index is 11.7. The van der Waals surface area contributed by atoms with Crippen LogP contribution in [0.4, 0.5) is 5.13 Å². The van der Waals surface area contributed by atoms with Crippen molar-refractivity contribution in [2.75, 3.05) is 5.32 Å². The maximum Gasteiger partial charge on any atom is 0.326 e. The molecule has 0 aromatic carbocycles. The summed E-state index contributed by atoms with van der Waals surface area (Å²) in [6, 6.07) is -0.942. The Labute approximate surface area is 126 Å². The number of carboxylic acid groups (broad SMARTS) is 1. The van der Waals surface area contributed by atoms with Crippen molar-refractivity contribution in [3.63, 3.8) is 0 Å². The van der Waals surface area contributed by atoms with Gasteiger partial charge in [0.1, 0.15) is 6.04 Å². The minimum atomic E-state index is -1.08. The number of aryl methyl sites for hydroxylation is 1. The molecule has 1 heterocycles. The number of aromatic nitrogens is 1. The first-order valence-electron chi connectivity index (χ1n) is 6.53. The fraction of sp³-hybridized carbons (Fsp3) is 0.538. The first-order chi connectivity index (χ1) is 9.79. The third-order valence-electron chi connectivity index (χ3n) is 2.69. The highest BCUT2D eigenvalue weighted by Gasteiger charge is 2.23. The molecule has 0 spiro atoms. The summed E-state index contributed by atoms with van der Waals surface area (Å²) < 4.78 is 0. The van der Waals surface area contributed by atoms with Crippen LogP contribution in [0.1, 0.15) is 32.4 Å². The quantitative estimate of drug-likeness (QED) is 0.705. The second-order valence-electron chi connectivity index (χ2n) is 4.97. The highest BCUT2D eigenvalue weighted by atomic mass is 32.1. The molecule has 0 aliphatic rings. The number of nitrogens with one attached hydrogen (secondary N) is 2. The van der Waals surface area contributed by atoms with E-state index < -0.39 is 17.9 Å². The fourth-order valence-electron chi connectivity index (χ4n) is 1.58. The van der Waals surface area contributed by atoms with Crippen LogP contribution in [0.15, 0.2) is 5.38 Å². The summed E-state index contributed by atoms with van der Waals surface area (Å²) in [5, 5.41) is 16.3. The van der Waals surface area contributed by atoms with Crippen molar-refractivity contribution in [3.8, 4) is 0 Å². The van der Waals surface area contributed by atoms with Crippen molar-refractivity contribution in [2.45, 2.75) is 39.7 Å². The molecular formula is C13H19N3O4S. The Bertz CT molecular complexity index is 527. The molecule has 0 saturated carbocycles. The number of anilines is 1. The lowest BCUT2D eigenvalue weighted by molar-refractivity contribution is -0.143. The zero-order valence-corrected chi connectivity index (χ0v) is 13.0. The lowest BCUT2D eigenvalue weighted by Gasteiger charge is -2.17. The predicted octanol–water partition coefficient (Wildman–Crippen LogP) is 1.40. The summed E-state index contributed by atoms with van der Waals surface area (Å²) in [7, 11) is 0. The molecule has 0 saturated heterocycles. The first kappa shape index (κ1) is 17.1. The van der Waals surface area contributed by atoms with E-state index in [2.05, 4.69) is 15.6 Å². The average molecular weight is 313 g/mol. The van der Waals surface area contributed by atoms with Crippen LogP contribution in [-0.4, -0.2) is 33.9 Å². The normalized spacial score (nSPS) is 12.0. The van der Waals surface area contributed by atoms with Gasteiger partial charge in [0.05, 0.1) is 5.69 Å². The molecule has 0 fully saturated rings. The number of carbonyl (C=O) groups excluding carboxylic acids is 2. The molecule has 116 valence electrons. The number of hydrogen-bond donors (Lipinski definition) is 3. The second-order valence-corrected chi connectivity index (χ2v) is 5.83. The van der Waals surface area contributed by atoms with E-state index in [0.717, 1.165) is 5.69 Å². The molecule has 0 radical (unpaired) electrons. The summed E-state index contributed by atoms with van der Waals surface area (Å²) in [5.74, 6) is -2.09. The third-order valence-corrected chi connectivity index (χ3v) is 3.57. The van der Waals surface area contributed by atoms with Crippen LogP contribution in [0, 0.1) is 12.8 Å². The minimum Gasteiger partial charge on any atom is -0.480 e. The molecule has 2 amide bonds. The molecule has 7 nitrogen and oxygen atoms in total. The summed E-state index contributed by atoms with van der Waals surface area (Å²) in [4.78, 5) is 38.3. The van der Waals surface area contributed by atoms with E-state index in [1.165, 1.54) is 11.3 Å². The Kier molecular flexibility index (Phi) is 6.29. The Morgan fingerprint density at radius 3 is 2.38 bits per heavy atom. The van der Waals surface area contributed by atoms with Gasteiger partial charge in [0.2, 0.25) is 11.8 Å². The predicted molar refractivity (Wildman–Crippen MR) is 79.1 cm³/mol. The number of carbonyl (C=O) groups is 3. The number of nitrogens with zero attached hydrogens (tertiary/aromatic N) is 1. The smallest absolute Gasteiger partial charge is 0.326 e. The van der Waals surface area contributed by atoms with Gasteiger partial charge in [-0.25, -0.2) is 9.78 Å². The lowest BCUT2D eigenvalue weighted by Crippen LogP contribution is -2.44. The number of carboxylic acids is 1. The number of aliphatic carboxylic acids is 1. The van der Waals surface area contributed by atoms with Crippen LogP contribution in [0.3, 0.4) is 0 Å². The fourth-order valence-corrected chi connectivity index (χ4v) is 2.28. The van der Waals surface area contributed by atoms with Gasteiger partial charge in [0.25, 0.3) is 0 Å². The van der Waals surface area contributed by atoms with Gasteiger partial charge < -0.3 is 15.7 Å². The third kappa shape index (κ3) is 5.90. The standard InChI is InChI=1S/C13H19N3O4S/c1-7(2)11(12(19)20)15-9(17)4-5-10(18)16-13-14-8(3)6-21-13/h6-7,11H,4-5H2,1-3H3,(H,15,17)(H,19,20)(H,14,16,18). The van der Waals surface area contributed by atoms with Crippen molar-refractivity contribution in [3.05, 3.63) is 11.1 Å². The van der Waals surface area contributed by atoms with Gasteiger partial charge in [-0.1, -0.05) is 13.8 Å². The van der Waals surface area contributed by atoms with Crippen molar-refractivity contribution < 1.29 is 19.5 Å². The van der Waals surface area contributed by atoms with Gasteiger partial charge in [0, 0.05) is 18.2 Å². The van der Waals surface area contributed by atoms with Gasteiger partial charge >= 0.3 is 5.97 Å². The van der Waals surface area contributed by atoms with E-state index >= 15 is 0 Å². The van der Waals surface area contributed by atoms with Crippen LogP contribution >= 0.6 is 11.3 Å². The zero-order chi connectivity index (χ0) is 16.0. The van der Waals surface area contributed by atoms with Crippen molar-refractivity contribution in [2.24, 2.45) is 5.92 Å². The van der Waals surface area contributed by atoms with E-state index in [4.69, 9.17) is 5.11 Å².